The number of H-pyrrole nitrogens is 1. The highest BCUT2D eigenvalue weighted by molar-refractivity contribution is 5.89. The molecule has 2 atom stereocenters. The number of rotatable bonds is 5. The lowest BCUT2D eigenvalue weighted by Gasteiger charge is -2.00. The Morgan fingerprint density at radius 3 is 2.70 bits per heavy atom. The maximum absolute atomic E-state index is 11.7. The molecular weight excluding hydrogens is 298 g/mol. The van der Waals surface area contributed by atoms with Crippen molar-refractivity contribution in [2.45, 2.75) is 19.3 Å². The largest absolute Gasteiger partial charge is 0.466 e. The van der Waals surface area contributed by atoms with Crippen LogP contribution in [-0.4, -0.2) is 40.8 Å². The summed E-state index contributed by atoms with van der Waals surface area (Å²) in [5.41, 5.74) is 1.25. The Bertz CT molecular complexity index is 723. The van der Waals surface area contributed by atoms with Gasteiger partial charge in [-0.05, 0) is 25.5 Å². The highest BCUT2D eigenvalue weighted by atomic mass is 16.5. The molecule has 7 heteroatoms. The number of hydrogen-bond donors (Lipinski definition) is 1. The van der Waals surface area contributed by atoms with E-state index < -0.39 is 0 Å². The predicted octanol–water partition coefficient (Wildman–Crippen LogP) is 1.92. The number of nitrogens with zero attached hydrogens (tertiary/aromatic N) is 2. The second-order valence-electron chi connectivity index (χ2n) is 5.31. The number of benzene rings is 1. The Morgan fingerprint density at radius 2 is 2.04 bits per heavy atom. The van der Waals surface area contributed by atoms with Crippen LogP contribution in [0.15, 0.2) is 24.3 Å². The van der Waals surface area contributed by atoms with Crippen molar-refractivity contribution in [3.05, 3.63) is 35.7 Å². The first kappa shape index (κ1) is 15.2. The summed E-state index contributed by atoms with van der Waals surface area (Å²) in [4.78, 5) is 27.5. The van der Waals surface area contributed by atoms with Gasteiger partial charge in [-0.25, -0.2) is 9.78 Å². The maximum Gasteiger partial charge on any atom is 0.337 e. The fourth-order valence-corrected chi connectivity index (χ4v) is 2.45. The van der Waals surface area contributed by atoms with Crippen LogP contribution in [0.25, 0.3) is 11.4 Å². The molecular formula is C16H17N3O4. The van der Waals surface area contributed by atoms with Crippen LogP contribution in [0, 0.1) is 5.92 Å². The van der Waals surface area contributed by atoms with Gasteiger partial charge in [0.25, 0.3) is 0 Å². The van der Waals surface area contributed by atoms with Crippen LogP contribution < -0.4 is 0 Å². The molecule has 1 fully saturated rings. The summed E-state index contributed by atoms with van der Waals surface area (Å²) in [5.74, 6) is 0.573. The Hall–Kier alpha value is -2.70. The van der Waals surface area contributed by atoms with E-state index in [1.165, 1.54) is 7.11 Å². The van der Waals surface area contributed by atoms with Crippen LogP contribution in [0.3, 0.4) is 0 Å². The number of esters is 2. The van der Waals surface area contributed by atoms with E-state index in [0.717, 1.165) is 12.0 Å². The number of methoxy groups -OCH3 is 1. The first-order chi connectivity index (χ1) is 11.1. The van der Waals surface area contributed by atoms with Gasteiger partial charge in [-0.3, -0.25) is 9.89 Å². The Balaban J connectivity index is 1.70. The van der Waals surface area contributed by atoms with Crippen LogP contribution in [-0.2, 0) is 14.3 Å². The first-order valence-electron chi connectivity index (χ1n) is 7.41. The van der Waals surface area contributed by atoms with Crippen molar-refractivity contribution in [2.24, 2.45) is 5.92 Å². The SMILES string of the molecule is CCOC(=O)[C@@H]1C[C@H]1c1nc(-c2ccc(C(=O)OC)cc2)n[nH]1. The van der Waals surface area contributed by atoms with Gasteiger partial charge in [0, 0.05) is 11.5 Å². The smallest absolute Gasteiger partial charge is 0.337 e. The fourth-order valence-electron chi connectivity index (χ4n) is 2.45. The average Bonchev–Trinajstić information content (AvgIpc) is 3.24. The average molecular weight is 315 g/mol. The van der Waals surface area contributed by atoms with Crippen LogP contribution in [0.5, 0.6) is 0 Å². The van der Waals surface area contributed by atoms with Gasteiger partial charge in [0.15, 0.2) is 5.82 Å². The Kier molecular flexibility index (Phi) is 4.10. The molecule has 0 aliphatic heterocycles. The molecule has 0 unspecified atom stereocenters. The number of nitrogens with one attached hydrogen (secondary N) is 1. The zero-order valence-corrected chi connectivity index (χ0v) is 12.9. The number of carbonyl (C=O) groups is 2. The molecule has 1 aliphatic rings. The zero-order valence-electron chi connectivity index (χ0n) is 12.9. The lowest BCUT2D eigenvalue weighted by atomic mass is 10.1. The van der Waals surface area contributed by atoms with Gasteiger partial charge in [-0.1, -0.05) is 12.1 Å². The molecule has 7 nitrogen and oxygen atoms in total. The second kappa shape index (κ2) is 6.20. The number of ether oxygens (including phenoxy) is 2. The molecule has 3 rings (SSSR count). The van der Waals surface area contributed by atoms with Gasteiger partial charge < -0.3 is 9.47 Å². The van der Waals surface area contributed by atoms with Gasteiger partial charge in [0.2, 0.25) is 0 Å². The number of aromatic amines is 1. The minimum Gasteiger partial charge on any atom is -0.466 e. The number of aromatic nitrogens is 3. The normalized spacial score (nSPS) is 19.2. The summed E-state index contributed by atoms with van der Waals surface area (Å²) in [6.45, 7) is 2.18. The van der Waals surface area contributed by atoms with E-state index in [2.05, 4.69) is 19.9 Å². The molecule has 1 N–H and O–H groups in total. The molecule has 1 aromatic heterocycles. The summed E-state index contributed by atoms with van der Waals surface area (Å²) in [7, 11) is 1.34. The number of hydrogen-bond acceptors (Lipinski definition) is 6. The van der Waals surface area contributed by atoms with E-state index in [9.17, 15) is 9.59 Å². The summed E-state index contributed by atoms with van der Waals surface area (Å²) in [6.07, 6.45) is 0.731. The van der Waals surface area contributed by atoms with E-state index in [-0.39, 0.29) is 23.8 Å². The molecule has 1 heterocycles. The minimum absolute atomic E-state index is 0.0460. The third-order valence-electron chi connectivity index (χ3n) is 3.80. The first-order valence-corrected chi connectivity index (χ1v) is 7.41. The lowest BCUT2D eigenvalue weighted by molar-refractivity contribution is -0.144. The van der Waals surface area contributed by atoms with Gasteiger partial charge in [-0.2, -0.15) is 5.10 Å². The summed E-state index contributed by atoms with van der Waals surface area (Å²) >= 11 is 0. The Morgan fingerprint density at radius 1 is 1.30 bits per heavy atom. The monoisotopic (exact) mass is 315 g/mol. The van der Waals surface area contributed by atoms with Crippen LogP contribution in [0.4, 0.5) is 0 Å². The molecule has 1 saturated carbocycles. The topological polar surface area (TPSA) is 94.2 Å². The molecule has 0 amide bonds. The third kappa shape index (κ3) is 3.08. The standard InChI is InChI=1S/C16H17N3O4/c1-3-23-16(21)12-8-11(12)14-17-13(18-19-14)9-4-6-10(7-5-9)15(20)22-2/h4-7,11-12H,3,8H2,1-2H3,(H,17,18,19)/t11-,12-/m1/s1. The molecule has 0 bridgehead atoms. The molecule has 0 radical (unpaired) electrons. The van der Waals surface area contributed by atoms with E-state index in [1.54, 1.807) is 31.2 Å². The molecule has 120 valence electrons. The Labute approximate surface area is 133 Å². The molecule has 2 aromatic rings. The zero-order chi connectivity index (χ0) is 16.4. The van der Waals surface area contributed by atoms with Gasteiger partial charge in [0.1, 0.15) is 5.82 Å². The van der Waals surface area contributed by atoms with Crippen molar-refractivity contribution in [1.29, 1.82) is 0 Å². The van der Waals surface area contributed by atoms with E-state index in [4.69, 9.17) is 4.74 Å². The lowest BCUT2D eigenvalue weighted by Crippen LogP contribution is -2.07. The highest BCUT2D eigenvalue weighted by Crippen LogP contribution is 2.46. The fraction of sp³-hybridized carbons (Fsp3) is 0.375. The van der Waals surface area contributed by atoms with E-state index >= 15 is 0 Å². The van der Waals surface area contributed by atoms with Crippen molar-refractivity contribution in [3.8, 4) is 11.4 Å². The highest BCUT2D eigenvalue weighted by Gasteiger charge is 2.47. The molecule has 23 heavy (non-hydrogen) atoms. The van der Waals surface area contributed by atoms with E-state index in [1.807, 2.05) is 0 Å². The summed E-state index contributed by atoms with van der Waals surface area (Å²) < 4.78 is 9.67. The summed E-state index contributed by atoms with van der Waals surface area (Å²) in [5, 5.41) is 7.06. The van der Waals surface area contributed by atoms with Crippen molar-refractivity contribution < 1.29 is 19.1 Å². The number of carbonyl (C=O) groups excluding carboxylic acids is 2. The summed E-state index contributed by atoms with van der Waals surface area (Å²) in [6, 6.07) is 6.84. The third-order valence-corrected chi connectivity index (χ3v) is 3.80. The van der Waals surface area contributed by atoms with Crippen LogP contribution in [0.2, 0.25) is 0 Å². The van der Waals surface area contributed by atoms with E-state index in [0.29, 0.717) is 23.8 Å². The van der Waals surface area contributed by atoms with Gasteiger partial charge in [0.05, 0.1) is 25.2 Å². The second-order valence-corrected chi connectivity index (χ2v) is 5.31. The van der Waals surface area contributed by atoms with Crippen molar-refractivity contribution in [3.63, 3.8) is 0 Å². The maximum atomic E-state index is 11.7. The molecule has 1 aromatic carbocycles. The quantitative estimate of drug-likeness (QED) is 0.847. The van der Waals surface area contributed by atoms with Crippen molar-refractivity contribution in [2.75, 3.05) is 13.7 Å². The molecule has 1 aliphatic carbocycles. The van der Waals surface area contributed by atoms with Crippen LogP contribution >= 0.6 is 0 Å². The predicted molar refractivity (Wildman–Crippen MR) is 80.6 cm³/mol. The van der Waals surface area contributed by atoms with Crippen molar-refractivity contribution >= 4 is 11.9 Å². The van der Waals surface area contributed by atoms with Crippen molar-refractivity contribution in [1.82, 2.24) is 15.2 Å². The van der Waals surface area contributed by atoms with Gasteiger partial charge >= 0.3 is 11.9 Å². The van der Waals surface area contributed by atoms with Crippen LogP contribution in [0.1, 0.15) is 35.4 Å². The molecule has 0 saturated heterocycles. The molecule has 0 spiro atoms. The minimum atomic E-state index is -0.387. The van der Waals surface area contributed by atoms with Gasteiger partial charge in [-0.15, -0.1) is 0 Å².